The van der Waals surface area contributed by atoms with E-state index in [1.54, 1.807) is 18.2 Å². The van der Waals surface area contributed by atoms with E-state index in [0.29, 0.717) is 11.6 Å². The molecule has 0 unspecified atom stereocenters. The van der Waals surface area contributed by atoms with Gasteiger partial charge in [-0.25, -0.2) is 4.98 Å². The fourth-order valence-electron chi connectivity index (χ4n) is 2.03. The lowest BCUT2D eigenvalue weighted by atomic mass is 10.2. The number of H-pyrrole nitrogens is 1. The van der Waals surface area contributed by atoms with E-state index < -0.39 is 0 Å². The van der Waals surface area contributed by atoms with Crippen LogP contribution in [0.1, 0.15) is 5.69 Å². The van der Waals surface area contributed by atoms with E-state index >= 15 is 0 Å². The lowest BCUT2D eigenvalue weighted by Crippen LogP contribution is -2.07. The van der Waals surface area contributed by atoms with Gasteiger partial charge in [0, 0.05) is 17.5 Å². The number of rotatable bonds is 4. The quantitative estimate of drug-likeness (QED) is 0.725. The molecule has 6 nitrogen and oxygen atoms in total. The van der Waals surface area contributed by atoms with Gasteiger partial charge in [0.15, 0.2) is 0 Å². The summed E-state index contributed by atoms with van der Waals surface area (Å²) in [7, 11) is 1.54. The van der Waals surface area contributed by atoms with Gasteiger partial charge in [0.05, 0.1) is 30.2 Å². The Morgan fingerprint density at radius 2 is 2.14 bits per heavy atom. The Labute approximate surface area is 126 Å². The molecule has 0 aliphatic carbocycles. The number of para-hydroxylation sites is 1. The van der Waals surface area contributed by atoms with E-state index in [0.717, 1.165) is 16.6 Å². The zero-order valence-corrected chi connectivity index (χ0v) is 11.9. The molecule has 110 valence electrons. The molecular formula is C16H14N4O2. The maximum Gasteiger partial charge on any atom is 0.248 e. The number of hydrogen-bond donors (Lipinski definition) is 2. The average molecular weight is 294 g/mol. The molecule has 22 heavy (non-hydrogen) atoms. The lowest BCUT2D eigenvalue weighted by molar-refractivity contribution is -0.111. The van der Waals surface area contributed by atoms with Gasteiger partial charge in [-0.3, -0.25) is 9.89 Å². The number of ether oxygens (including phenoxy) is 1. The summed E-state index contributed by atoms with van der Waals surface area (Å²) in [5.41, 5.74) is 2.25. The first-order valence-electron chi connectivity index (χ1n) is 6.68. The summed E-state index contributed by atoms with van der Waals surface area (Å²) < 4.78 is 4.96. The molecule has 0 fully saturated rings. The molecule has 0 atom stereocenters. The summed E-state index contributed by atoms with van der Waals surface area (Å²) in [5.74, 6) is 0.246. The van der Waals surface area contributed by atoms with Gasteiger partial charge in [-0.15, -0.1) is 0 Å². The first kappa shape index (κ1) is 13.8. The second kappa shape index (κ2) is 6.09. The van der Waals surface area contributed by atoms with Crippen molar-refractivity contribution in [2.45, 2.75) is 0 Å². The number of nitrogens with one attached hydrogen (secondary N) is 2. The summed E-state index contributed by atoms with van der Waals surface area (Å²) in [4.78, 5) is 15.9. The number of anilines is 1. The predicted molar refractivity (Wildman–Crippen MR) is 84.5 cm³/mol. The minimum atomic E-state index is -0.251. The Morgan fingerprint density at radius 1 is 1.27 bits per heavy atom. The van der Waals surface area contributed by atoms with Crippen molar-refractivity contribution in [1.29, 1.82) is 0 Å². The molecule has 2 heterocycles. The van der Waals surface area contributed by atoms with Crippen LogP contribution in [0.15, 0.2) is 48.7 Å². The first-order valence-corrected chi connectivity index (χ1v) is 6.68. The van der Waals surface area contributed by atoms with Gasteiger partial charge in [-0.2, -0.15) is 5.10 Å². The number of carbonyl (C=O) groups is 1. The van der Waals surface area contributed by atoms with Crippen LogP contribution < -0.4 is 10.1 Å². The monoisotopic (exact) mass is 294 g/mol. The number of pyridine rings is 1. The number of amides is 1. The summed E-state index contributed by atoms with van der Waals surface area (Å²) in [6, 6.07) is 11.1. The fraction of sp³-hybridized carbons (Fsp3) is 0.0625. The van der Waals surface area contributed by atoms with Crippen molar-refractivity contribution in [1.82, 2.24) is 15.2 Å². The number of nitrogens with zero attached hydrogens (tertiary/aromatic N) is 2. The van der Waals surface area contributed by atoms with Crippen LogP contribution in [0.25, 0.3) is 17.0 Å². The van der Waals surface area contributed by atoms with Crippen molar-refractivity contribution in [2.24, 2.45) is 0 Å². The predicted octanol–water partition coefficient (Wildman–Crippen LogP) is 2.62. The molecule has 6 heteroatoms. The van der Waals surface area contributed by atoms with Crippen molar-refractivity contribution in [3.05, 3.63) is 54.4 Å². The largest absolute Gasteiger partial charge is 0.481 e. The fourth-order valence-corrected chi connectivity index (χ4v) is 2.03. The van der Waals surface area contributed by atoms with Crippen LogP contribution in [0.3, 0.4) is 0 Å². The molecule has 0 radical (unpaired) electrons. The normalized spacial score (nSPS) is 11.0. The number of carbonyl (C=O) groups excluding carboxylic acids is 1. The lowest BCUT2D eigenvalue weighted by Gasteiger charge is -2.02. The topological polar surface area (TPSA) is 79.9 Å². The Bertz CT molecular complexity index is 822. The molecule has 2 N–H and O–H groups in total. The number of benzene rings is 1. The van der Waals surface area contributed by atoms with E-state index in [9.17, 15) is 4.79 Å². The number of hydrogen-bond acceptors (Lipinski definition) is 4. The van der Waals surface area contributed by atoms with Crippen LogP contribution in [0.2, 0.25) is 0 Å². The molecule has 3 rings (SSSR count). The highest BCUT2D eigenvalue weighted by atomic mass is 16.5. The highest BCUT2D eigenvalue weighted by Crippen LogP contribution is 2.16. The molecular weight excluding hydrogens is 280 g/mol. The van der Waals surface area contributed by atoms with Crippen molar-refractivity contribution in [2.75, 3.05) is 12.4 Å². The third-order valence-corrected chi connectivity index (χ3v) is 3.11. The van der Waals surface area contributed by atoms with E-state index in [1.807, 2.05) is 24.3 Å². The molecule has 0 saturated heterocycles. The highest BCUT2D eigenvalue weighted by molar-refractivity contribution is 6.02. The van der Waals surface area contributed by atoms with Crippen LogP contribution in [-0.4, -0.2) is 28.2 Å². The van der Waals surface area contributed by atoms with Gasteiger partial charge in [0.2, 0.25) is 11.8 Å². The Hall–Kier alpha value is -3.15. The van der Waals surface area contributed by atoms with Crippen LogP contribution in [0.4, 0.5) is 5.69 Å². The average Bonchev–Trinajstić information content (AvgIpc) is 2.97. The van der Waals surface area contributed by atoms with Crippen molar-refractivity contribution in [3.8, 4) is 5.88 Å². The van der Waals surface area contributed by atoms with Crippen molar-refractivity contribution >= 4 is 28.6 Å². The SMILES string of the molecule is COc1ccc(NC(=O)/C=C/c2n[nH]c3ccccc23)cn1. The number of fused-ring (bicyclic) bond motifs is 1. The Morgan fingerprint density at radius 3 is 2.91 bits per heavy atom. The summed E-state index contributed by atoms with van der Waals surface area (Å²) in [6.07, 6.45) is 4.65. The Balaban J connectivity index is 1.70. The zero-order valence-electron chi connectivity index (χ0n) is 11.9. The molecule has 3 aromatic rings. The third kappa shape index (κ3) is 2.95. The zero-order chi connectivity index (χ0) is 15.4. The standard InChI is InChI=1S/C16H14N4O2/c1-22-16-9-6-11(10-17-16)18-15(21)8-7-14-12-4-2-3-5-13(12)19-20-14/h2-10H,1H3,(H,18,21)(H,19,20)/b8-7+. The van der Waals surface area contributed by atoms with Gasteiger partial charge in [-0.1, -0.05) is 18.2 Å². The number of methoxy groups -OCH3 is 1. The first-order chi connectivity index (χ1) is 10.8. The number of aromatic amines is 1. The van der Waals surface area contributed by atoms with Gasteiger partial charge < -0.3 is 10.1 Å². The molecule has 0 bridgehead atoms. The summed E-state index contributed by atoms with van der Waals surface area (Å²) in [5, 5.41) is 10.8. The molecule has 0 aliphatic heterocycles. The van der Waals surface area contributed by atoms with Crippen LogP contribution in [-0.2, 0) is 4.79 Å². The summed E-state index contributed by atoms with van der Waals surface area (Å²) in [6.45, 7) is 0. The van der Waals surface area contributed by atoms with Crippen LogP contribution >= 0.6 is 0 Å². The number of aromatic nitrogens is 3. The molecule has 0 spiro atoms. The van der Waals surface area contributed by atoms with Gasteiger partial charge >= 0.3 is 0 Å². The van der Waals surface area contributed by atoms with E-state index in [4.69, 9.17) is 4.74 Å². The molecule has 1 aromatic carbocycles. The van der Waals surface area contributed by atoms with Crippen molar-refractivity contribution < 1.29 is 9.53 Å². The van der Waals surface area contributed by atoms with Crippen LogP contribution in [0.5, 0.6) is 5.88 Å². The van der Waals surface area contributed by atoms with Crippen LogP contribution in [0, 0.1) is 0 Å². The maximum absolute atomic E-state index is 11.9. The second-order valence-electron chi connectivity index (χ2n) is 4.57. The van der Waals surface area contributed by atoms with Gasteiger partial charge in [0.1, 0.15) is 0 Å². The Kier molecular flexibility index (Phi) is 3.82. The maximum atomic E-state index is 11.9. The molecule has 1 amide bonds. The van der Waals surface area contributed by atoms with E-state index in [-0.39, 0.29) is 5.91 Å². The highest BCUT2D eigenvalue weighted by Gasteiger charge is 2.03. The molecule has 0 saturated carbocycles. The van der Waals surface area contributed by atoms with E-state index in [2.05, 4.69) is 20.5 Å². The minimum absolute atomic E-state index is 0.251. The smallest absolute Gasteiger partial charge is 0.248 e. The summed E-state index contributed by atoms with van der Waals surface area (Å²) >= 11 is 0. The molecule has 2 aromatic heterocycles. The second-order valence-corrected chi connectivity index (χ2v) is 4.57. The van der Waals surface area contributed by atoms with E-state index in [1.165, 1.54) is 19.4 Å². The third-order valence-electron chi connectivity index (χ3n) is 3.11. The minimum Gasteiger partial charge on any atom is -0.481 e. The van der Waals surface area contributed by atoms with Gasteiger partial charge in [0.25, 0.3) is 0 Å². The van der Waals surface area contributed by atoms with Crippen molar-refractivity contribution in [3.63, 3.8) is 0 Å². The van der Waals surface area contributed by atoms with Gasteiger partial charge in [-0.05, 0) is 18.2 Å². The molecule has 0 aliphatic rings.